The van der Waals surface area contributed by atoms with Crippen LogP contribution in [0.25, 0.3) is 0 Å². The first-order valence-corrected chi connectivity index (χ1v) is 8.04. The lowest BCUT2D eigenvalue weighted by Crippen LogP contribution is -2.14. The standard InChI is InChI=1S/C20H18FN3O2/c1-26-18-8-6-16(7-9-18)24-20(25)19-12-17(10-11-22-19)23-13-14-2-4-15(21)5-3-14/h2-12H,13H2,1H3,(H,22,23)(H,24,25). The average molecular weight is 351 g/mol. The van der Waals surface area contributed by atoms with Crippen LogP contribution in [0.5, 0.6) is 5.75 Å². The molecule has 0 spiro atoms. The molecule has 26 heavy (non-hydrogen) atoms. The van der Waals surface area contributed by atoms with Crippen LogP contribution in [-0.2, 0) is 6.54 Å². The molecule has 0 bridgehead atoms. The molecule has 3 rings (SSSR count). The number of pyridine rings is 1. The fourth-order valence-corrected chi connectivity index (χ4v) is 2.34. The predicted octanol–water partition coefficient (Wildman–Crippen LogP) is 4.09. The molecule has 5 nitrogen and oxygen atoms in total. The van der Waals surface area contributed by atoms with Gasteiger partial charge < -0.3 is 15.4 Å². The molecule has 0 aliphatic rings. The van der Waals surface area contributed by atoms with E-state index < -0.39 is 0 Å². The summed E-state index contributed by atoms with van der Waals surface area (Å²) in [4.78, 5) is 16.5. The summed E-state index contributed by atoms with van der Waals surface area (Å²) in [6.07, 6.45) is 1.57. The van der Waals surface area contributed by atoms with Gasteiger partial charge in [0.25, 0.3) is 5.91 Å². The Morgan fingerprint density at radius 2 is 1.77 bits per heavy atom. The zero-order chi connectivity index (χ0) is 18.4. The molecule has 2 aromatic carbocycles. The Morgan fingerprint density at radius 3 is 2.46 bits per heavy atom. The highest BCUT2D eigenvalue weighted by atomic mass is 19.1. The van der Waals surface area contributed by atoms with E-state index in [-0.39, 0.29) is 11.7 Å². The lowest BCUT2D eigenvalue weighted by molar-refractivity contribution is 0.102. The lowest BCUT2D eigenvalue weighted by atomic mass is 10.2. The van der Waals surface area contributed by atoms with E-state index in [4.69, 9.17) is 4.74 Å². The fourth-order valence-electron chi connectivity index (χ4n) is 2.34. The second-order valence-corrected chi connectivity index (χ2v) is 5.59. The van der Waals surface area contributed by atoms with E-state index in [1.165, 1.54) is 12.1 Å². The van der Waals surface area contributed by atoms with E-state index in [1.807, 2.05) is 0 Å². The van der Waals surface area contributed by atoms with Crippen molar-refractivity contribution >= 4 is 17.3 Å². The highest BCUT2D eigenvalue weighted by Gasteiger charge is 2.09. The molecule has 132 valence electrons. The SMILES string of the molecule is COc1ccc(NC(=O)c2cc(NCc3ccc(F)cc3)ccn2)cc1. The van der Waals surface area contributed by atoms with Crippen molar-refractivity contribution in [2.24, 2.45) is 0 Å². The van der Waals surface area contributed by atoms with Crippen molar-refractivity contribution in [3.8, 4) is 5.75 Å². The molecule has 0 saturated carbocycles. The monoisotopic (exact) mass is 351 g/mol. The highest BCUT2D eigenvalue weighted by Crippen LogP contribution is 2.16. The van der Waals surface area contributed by atoms with Crippen LogP contribution in [0.2, 0.25) is 0 Å². The third-order valence-corrected chi connectivity index (χ3v) is 3.75. The number of carbonyl (C=O) groups is 1. The van der Waals surface area contributed by atoms with E-state index in [0.717, 1.165) is 11.3 Å². The minimum absolute atomic E-state index is 0.268. The van der Waals surface area contributed by atoms with Gasteiger partial charge in [-0.3, -0.25) is 9.78 Å². The molecule has 1 heterocycles. The number of hydrogen-bond acceptors (Lipinski definition) is 4. The highest BCUT2D eigenvalue weighted by molar-refractivity contribution is 6.03. The Hall–Kier alpha value is -3.41. The van der Waals surface area contributed by atoms with E-state index in [9.17, 15) is 9.18 Å². The molecule has 0 radical (unpaired) electrons. The maximum absolute atomic E-state index is 12.9. The zero-order valence-electron chi connectivity index (χ0n) is 14.2. The molecule has 0 aliphatic heterocycles. The van der Waals surface area contributed by atoms with Crippen molar-refractivity contribution in [2.45, 2.75) is 6.54 Å². The number of amides is 1. The number of nitrogens with one attached hydrogen (secondary N) is 2. The summed E-state index contributed by atoms with van der Waals surface area (Å²) >= 11 is 0. The molecule has 1 amide bonds. The molecule has 6 heteroatoms. The van der Waals surface area contributed by atoms with Crippen LogP contribution in [0.4, 0.5) is 15.8 Å². The molecule has 0 fully saturated rings. The Labute approximate surface area is 150 Å². The topological polar surface area (TPSA) is 63.2 Å². The minimum Gasteiger partial charge on any atom is -0.497 e. The number of ether oxygens (including phenoxy) is 1. The number of benzene rings is 2. The second kappa shape index (κ2) is 8.11. The summed E-state index contributed by atoms with van der Waals surface area (Å²) in [5.74, 6) is 0.142. The minimum atomic E-state index is -0.305. The average Bonchev–Trinajstić information content (AvgIpc) is 2.68. The van der Waals surface area contributed by atoms with E-state index in [1.54, 1.807) is 61.8 Å². The third-order valence-electron chi connectivity index (χ3n) is 3.75. The summed E-state index contributed by atoms with van der Waals surface area (Å²) in [5.41, 5.74) is 2.64. The summed E-state index contributed by atoms with van der Waals surface area (Å²) < 4.78 is 18.0. The normalized spacial score (nSPS) is 10.2. The lowest BCUT2D eigenvalue weighted by Gasteiger charge is -2.09. The molecule has 0 unspecified atom stereocenters. The Bertz CT molecular complexity index is 880. The smallest absolute Gasteiger partial charge is 0.274 e. The van der Waals surface area contributed by atoms with Crippen LogP contribution in [0, 0.1) is 5.82 Å². The summed E-state index contributed by atoms with van der Waals surface area (Å²) in [7, 11) is 1.59. The van der Waals surface area contributed by atoms with Crippen molar-refractivity contribution < 1.29 is 13.9 Å². The van der Waals surface area contributed by atoms with Crippen molar-refractivity contribution in [2.75, 3.05) is 17.7 Å². The molecular formula is C20H18FN3O2. The van der Waals surface area contributed by atoms with Crippen LogP contribution in [-0.4, -0.2) is 18.0 Å². The van der Waals surface area contributed by atoms with Crippen molar-refractivity contribution in [1.82, 2.24) is 4.98 Å². The van der Waals surface area contributed by atoms with Gasteiger partial charge in [0, 0.05) is 24.1 Å². The quantitative estimate of drug-likeness (QED) is 0.702. The van der Waals surface area contributed by atoms with Gasteiger partial charge in [0.2, 0.25) is 0 Å². The van der Waals surface area contributed by atoms with Crippen LogP contribution >= 0.6 is 0 Å². The first-order valence-electron chi connectivity index (χ1n) is 8.04. The summed E-state index contributed by atoms with van der Waals surface area (Å²) in [6, 6.07) is 16.7. The first kappa shape index (κ1) is 17.4. The van der Waals surface area contributed by atoms with Gasteiger partial charge in [0.05, 0.1) is 7.11 Å². The van der Waals surface area contributed by atoms with Gasteiger partial charge in [-0.2, -0.15) is 0 Å². The van der Waals surface area contributed by atoms with E-state index in [0.29, 0.717) is 23.7 Å². The van der Waals surface area contributed by atoms with E-state index in [2.05, 4.69) is 15.6 Å². The van der Waals surface area contributed by atoms with Crippen molar-refractivity contribution in [3.63, 3.8) is 0 Å². The number of hydrogen-bond donors (Lipinski definition) is 2. The molecule has 1 aromatic heterocycles. The first-order chi connectivity index (χ1) is 12.6. The molecular weight excluding hydrogens is 333 g/mol. The Kier molecular flexibility index (Phi) is 5.43. The van der Waals surface area contributed by atoms with Crippen molar-refractivity contribution in [1.29, 1.82) is 0 Å². The van der Waals surface area contributed by atoms with Crippen LogP contribution in [0.3, 0.4) is 0 Å². The Balaban J connectivity index is 1.63. The number of rotatable bonds is 6. The maximum Gasteiger partial charge on any atom is 0.274 e. The Morgan fingerprint density at radius 1 is 1.04 bits per heavy atom. The molecule has 0 atom stereocenters. The van der Waals surface area contributed by atoms with Gasteiger partial charge >= 0.3 is 0 Å². The zero-order valence-corrected chi connectivity index (χ0v) is 14.2. The second-order valence-electron chi connectivity index (χ2n) is 5.59. The fraction of sp³-hybridized carbons (Fsp3) is 0.100. The molecule has 0 aliphatic carbocycles. The van der Waals surface area contributed by atoms with Crippen LogP contribution in [0.15, 0.2) is 66.9 Å². The van der Waals surface area contributed by atoms with Gasteiger partial charge in [0.1, 0.15) is 17.3 Å². The number of methoxy groups -OCH3 is 1. The molecule has 0 saturated heterocycles. The predicted molar refractivity (Wildman–Crippen MR) is 98.9 cm³/mol. The summed E-state index contributed by atoms with van der Waals surface area (Å²) in [5, 5.41) is 5.99. The van der Waals surface area contributed by atoms with Gasteiger partial charge in [-0.05, 0) is 54.1 Å². The van der Waals surface area contributed by atoms with Gasteiger partial charge in [0.15, 0.2) is 0 Å². The molecule has 2 N–H and O–H groups in total. The van der Waals surface area contributed by atoms with Crippen molar-refractivity contribution in [3.05, 3.63) is 83.9 Å². The largest absolute Gasteiger partial charge is 0.497 e. The number of carbonyl (C=O) groups excluding carboxylic acids is 1. The van der Waals surface area contributed by atoms with Crippen LogP contribution < -0.4 is 15.4 Å². The van der Waals surface area contributed by atoms with E-state index >= 15 is 0 Å². The molecule has 3 aromatic rings. The number of halogens is 1. The summed E-state index contributed by atoms with van der Waals surface area (Å²) in [6.45, 7) is 0.518. The maximum atomic E-state index is 12.9. The van der Waals surface area contributed by atoms with Gasteiger partial charge in [-0.1, -0.05) is 12.1 Å². The number of nitrogens with zero attached hydrogens (tertiary/aromatic N) is 1. The number of aromatic nitrogens is 1. The number of anilines is 2. The van der Waals surface area contributed by atoms with Gasteiger partial charge in [-0.15, -0.1) is 0 Å². The van der Waals surface area contributed by atoms with Crippen LogP contribution in [0.1, 0.15) is 16.1 Å². The third kappa shape index (κ3) is 4.57. The van der Waals surface area contributed by atoms with Gasteiger partial charge in [-0.25, -0.2) is 4.39 Å².